The highest BCUT2D eigenvalue weighted by atomic mass is 16.6. The third-order valence-electron chi connectivity index (χ3n) is 2.30. The monoisotopic (exact) mass is 285 g/mol. The van der Waals surface area contributed by atoms with Crippen LogP contribution in [-0.2, 0) is 14.3 Å². The molecule has 0 saturated heterocycles. The van der Waals surface area contributed by atoms with E-state index in [1.165, 1.54) is 0 Å². The van der Waals surface area contributed by atoms with Gasteiger partial charge in [0.15, 0.2) is 0 Å². The fraction of sp³-hybridized carbons (Fsp3) is 0.733. The summed E-state index contributed by atoms with van der Waals surface area (Å²) in [7, 11) is 0. The molecule has 5 heteroatoms. The Morgan fingerprint density at radius 2 is 1.95 bits per heavy atom. The topological polar surface area (TPSA) is 64.6 Å². The number of rotatable bonds is 8. The molecule has 116 valence electrons. The number of allylic oxidation sites excluding steroid dienone is 1. The van der Waals surface area contributed by atoms with Crippen molar-refractivity contribution in [2.75, 3.05) is 6.61 Å². The van der Waals surface area contributed by atoms with Crippen LogP contribution in [0.15, 0.2) is 12.7 Å². The average Bonchev–Trinajstić information content (AvgIpc) is 2.29. The van der Waals surface area contributed by atoms with Gasteiger partial charge in [-0.1, -0.05) is 6.08 Å². The quantitative estimate of drug-likeness (QED) is 0.422. The highest BCUT2D eigenvalue weighted by Gasteiger charge is 2.18. The first-order chi connectivity index (χ1) is 9.24. The minimum atomic E-state index is -0.536. The molecule has 0 aliphatic rings. The van der Waals surface area contributed by atoms with Crippen LogP contribution in [0.5, 0.6) is 0 Å². The van der Waals surface area contributed by atoms with Crippen molar-refractivity contribution in [3.05, 3.63) is 12.7 Å². The first-order valence-corrected chi connectivity index (χ1v) is 7.00. The fourth-order valence-electron chi connectivity index (χ4n) is 1.40. The molecule has 1 amide bonds. The molecule has 5 nitrogen and oxygen atoms in total. The third kappa shape index (κ3) is 11.6. The summed E-state index contributed by atoms with van der Waals surface area (Å²) in [5.74, 6) is -0.244. The Balaban J connectivity index is 3.76. The van der Waals surface area contributed by atoms with Gasteiger partial charge < -0.3 is 14.8 Å². The molecule has 0 aromatic carbocycles. The third-order valence-corrected chi connectivity index (χ3v) is 2.30. The summed E-state index contributed by atoms with van der Waals surface area (Å²) < 4.78 is 10.2. The molecule has 0 rings (SSSR count). The van der Waals surface area contributed by atoms with Gasteiger partial charge in [-0.2, -0.15) is 0 Å². The minimum absolute atomic E-state index is 0.152. The maximum absolute atomic E-state index is 11.5. The van der Waals surface area contributed by atoms with E-state index in [1.54, 1.807) is 27.7 Å². The SMILES string of the molecule is C=CCCCCC(=O)OC[C@@H](C)NC(=O)OC(C)(C)C. The van der Waals surface area contributed by atoms with E-state index in [2.05, 4.69) is 11.9 Å². The summed E-state index contributed by atoms with van der Waals surface area (Å²) in [6, 6.07) is -0.276. The van der Waals surface area contributed by atoms with Gasteiger partial charge in [0.25, 0.3) is 0 Å². The first-order valence-electron chi connectivity index (χ1n) is 7.00. The van der Waals surface area contributed by atoms with E-state index in [-0.39, 0.29) is 18.6 Å². The van der Waals surface area contributed by atoms with Crippen molar-refractivity contribution in [1.82, 2.24) is 5.32 Å². The lowest BCUT2D eigenvalue weighted by atomic mass is 10.2. The van der Waals surface area contributed by atoms with E-state index in [9.17, 15) is 9.59 Å². The number of hydrogen-bond donors (Lipinski definition) is 1. The van der Waals surface area contributed by atoms with Crippen molar-refractivity contribution in [2.45, 2.75) is 65.0 Å². The van der Waals surface area contributed by atoms with Crippen molar-refractivity contribution in [3.63, 3.8) is 0 Å². The minimum Gasteiger partial charge on any atom is -0.463 e. The fourth-order valence-corrected chi connectivity index (χ4v) is 1.40. The van der Waals surface area contributed by atoms with E-state index in [0.717, 1.165) is 19.3 Å². The van der Waals surface area contributed by atoms with Crippen LogP contribution in [-0.4, -0.2) is 30.3 Å². The van der Waals surface area contributed by atoms with Crippen LogP contribution in [0.3, 0.4) is 0 Å². The number of hydrogen-bond acceptors (Lipinski definition) is 4. The Bertz CT molecular complexity index is 320. The molecule has 1 N–H and O–H groups in total. The van der Waals surface area contributed by atoms with Gasteiger partial charge in [0.2, 0.25) is 0 Å². The van der Waals surface area contributed by atoms with Gasteiger partial charge in [0, 0.05) is 6.42 Å². The number of esters is 1. The van der Waals surface area contributed by atoms with E-state index in [1.807, 2.05) is 6.08 Å². The zero-order valence-electron chi connectivity index (χ0n) is 13.0. The number of ether oxygens (including phenoxy) is 2. The van der Waals surface area contributed by atoms with Crippen LogP contribution in [0.2, 0.25) is 0 Å². The van der Waals surface area contributed by atoms with Crippen LogP contribution >= 0.6 is 0 Å². The van der Waals surface area contributed by atoms with Crippen molar-refractivity contribution < 1.29 is 19.1 Å². The summed E-state index contributed by atoms with van der Waals surface area (Å²) in [5, 5.41) is 2.62. The second kappa shape index (κ2) is 9.39. The van der Waals surface area contributed by atoms with Gasteiger partial charge in [-0.15, -0.1) is 6.58 Å². The summed E-state index contributed by atoms with van der Waals surface area (Å²) in [5.41, 5.74) is -0.536. The molecule has 0 unspecified atom stereocenters. The zero-order chi connectivity index (χ0) is 15.6. The molecular formula is C15H27NO4. The molecule has 0 heterocycles. The summed E-state index contributed by atoms with van der Waals surface area (Å²) in [4.78, 5) is 22.9. The number of nitrogens with one attached hydrogen (secondary N) is 1. The van der Waals surface area contributed by atoms with Gasteiger partial charge in [0.1, 0.15) is 12.2 Å². The average molecular weight is 285 g/mol. The molecule has 0 aliphatic heterocycles. The van der Waals surface area contributed by atoms with Gasteiger partial charge in [-0.05, 0) is 47.0 Å². The second-order valence-electron chi connectivity index (χ2n) is 5.76. The van der Waals surface area contributed by atoms with Crippen molar-refractivity contribution in [1.29, 1.82) is 0 Å². The molecule has 0 radical (unpaired) electrons. The predicted molar refractivity (Wildman–Crippen MR) is 78.5 cm³/mol. The van der Waals surface area contributed by atoms with Crippen LogP contribution in [0.4, 0.5) is 4.79 Å². The van der Waals surface area contributed by atoms with E-state index < -0.39 is 11.7 Å². The highest BCUT2D eigenvalue weighted by Crippen LogP contribution is 2.07. The maximum Gasteiger partial charge on any atom is 0.407 e. The number of amides is 1. The van der Waals surface area contributed by atoms with Crippen LogP contribution in [0.25, 0.3) is 0 Å². The molecule has 0 aromatic rings. The molecule has 0 fully saturated rings. The Kier molecular flexibility index (Phi) is 8.68. The molecule has 0 aliphatic carbocycles. The standard InChI is InChI=1S/C15H27NO4/c1-6-7-8-9-10-13(17)19-11-12(2)16-14(18)20-15(3,4)5/h6,12H,1,7-11H2,2-5H3,(H,16,18)/t12-/m1/s1. The van der Waals surface area contributed by atoms with Crippen LogP contribution in [0.1, 0.15) is 53.4 Å². The Labute approximate surface area is 121 Å². The molecule has 0 bridgehead atoms. The Morgan fingerprint density at radius 3 is 2.50 bits per heavy atom. The van der Waals surface area contributed by atoms with E-state index >= 15 is 0 Å². The second-order valence-corrected chi connectivity index (χ2v) is 5.76. The lowest BCUT2D eigenvalue weighted by Crippen LogP contribution is -2.40. The normalized spacial score (nSPS) is 12.4. The van der Waals surface area contributed by atoms with E-state index in [0.29, 0.717) is 6.42 Å². The smallest absolute Gasteiger partial charge is 0.407 e. The predicted octanol–water partition coefficient (Wildman–Crippen LogP) is 3.19. The van der Waals surface area contributed by atoms with Gasteiger partial charge >= 0.3 is 12.1 Å². The van der Waals surface area contributed by atoms with Gasteiger partial charge in [-0.25, -0.2) is 4.79 Å². The first kappa shape index (κ1) is 18.5. The highest BCUT2D eigenvalue weighted by molar-refractivity contribution is 5.70. The molecule has 0 spiro atoms. The molecular weight excluding hydrogens is 258 g/mol. The Hall–Kier alpha value is -1.52. The molecule has 0 aromatic heterocycles. The van der Waals surface area contributed by atoms with Crippen LogP contribution < -0.4 is 5.32 Å². The zero-order valence-corrected chi connectivity index (χ0v) is 13.0. The summed E-state index contributed by atoms with van der Waals surface area (Å²) in [6.07, 6.45) is 4.35. The number of unbranched alkanes of at least 4 members (excludes halogenated alkanes) is 2. The van der Waals surface area contributed by atoms with Gasteiger partial charge in [-0.3, -0.25) is 4.79 Å². The van der Waals surface area contributed by atoms with Crippen molar-refractivity contribution in [2.24, 2.45) is 0 Å². The summed E-state index contributed by atoms with van der Waals surface area (Å²) in [6.45, 7) is 10.9. The van der Waals surface area contributed by atoms with Crippen molar-refractivity contribution in [3.8, 4) is 0 Å². The van der Waals surface area contributed by atoms with Crippen LogP contribution in [0, 0.1) is 0 Å². The number of alkyl carbamates (subject to hydrolysis) is 1. The molecule has 1 atom stereocenters. The Morgan fingerprint density at radius 1 is 1.30 bits per heavy atom. The number of carbonyl (C=O) groups excluding carboxylic acids is 2. The summed E-state index contributed by atoms with van der Waals surface area (Å²) >= 11 is 0. The largest absolute Gasteiger partial charge is 0.463 e. The lowest BCUT2D eigenvalue weighted by Gasteiger charge is -2.21. The molecule has 20 heavy (non-hydrogen) atoms. The van der Waals surface area contributed by atoms with E-state index in [4.69, 9.17) is 9.47 Å². The number of carbonyl (C=O) groups is 2. The van der Waals surface area contributed by atoms with Gasteiger partial charge in [0.05, 0.1) is 6.04 Å². The lowest BCUT2D eigenvalue weighted by molar-refractivity contribution is -0.144. The maximum atomic E-state index is 11.5. The molecule has 0 saturated carbocycles. The van der Waals surface area contributed by atoms with Crippen molar-refractivity contribution >= 4 is 12.1 Å².